The minimum absolute atomic E-state index is 0.0971. The minimum atomic E-state index is -1.86. The summed E-state index contributed by atoms with van der Waals surface area (Å²) in [4.78, 5) is 31.8. The van der Waals surface area contributed by atoms with Crippen molar-refractivity contribution in [1.82, 2.24) is 9.55 Å². The molecule has 3 aromatic rings. The summed E-state index contributed by atoms with van der Waals surface area (Å²) >= 11 is 1.62. The molecule has 2 atom stereocenters. The number of benzene rings is 1. The van der Waals surface area contributed by atoms with Crippen molar-refractivity contribution in [2.45, 2.75) is 43.0 Å². The van der Waals surface area contributed by atoms with Crippen LogP contribution in [0.3, 0.4) is 0 Å². The fourth-order valence-corrected chi connectivity index (χ4v) is 6.56. The third-order valence-electron chi connectivity index (χ3n) is 7.09. The van der Waals surface area contributed by atoms with Gasteiger partial charge in [-0.1, -0.05) is 6.92 Å². The van der Waals surface area contributed by atoms with Crippen LogP contribution in [-0.4, -0.2) is 33.2 Å². The third-order valence-corrected chi connectivity index (χ3v) is 8.29. The Balaban J connectivity index is 1.56. The maximum absolute atomic E-state index is 13.5. The van der Waals surface area contributed by atoms with E-state index in [2.05, 4.69) is 0 Å². The number of pyridine rings is 2. The van der Waals surface area contributed by atoms with E-state index in [1.807, 2.05) is 6.07 Å². The van der Waals surface area contributed by atoms with E-state index in [0.29, 0.717) is 46.3 Å². The van der Waals surface area contributed by atoms with Gasteiger partial charge in [0.05, 0.1) is 33.9 Å². The van der Waals surface area contributed by atoms with Crippen LogP contribution in [0.2, 0.25) is 0 Å². The molecule has 168 valence electrons. The van der Waals surface area contributed by atoms with Crippen LogP contribution in [0.25, 0.3) is 22.3 Å². The van der Waals surface area contributed by atoms with Gasteiger partial charge in [-0.25, -0.2) is 9.78 Å². The number of thioether (sulfide) groups is 1. The summed E-state index contributed by atoms with van der Waals surface area (Å²) in [5, 5.41) is 12.0. The Morgan fingerprint density at radius 3 is 2.94 bits per heavy atom. The van der Waals surface area contributed by atoms with Crippen LogP contribution in [0.15, 0.2) is 21.8 Å². The van der Waals surface area contributed by atoms with Crippen molar-refractivity contribution in [3.8, 4) is 22.9 Å². The zero-order valence-corrected chi connectivity index (χ0v) is 18.5. The maximum atomic E-state index is 13.5. The number of carbonyl (C=O) groups excluding carboxylic acids is 1. The highest BCUT2D eigenvalue weighted by Crippen LogP contribution is 2.53. The van der Waals surface area contributed by atoms with Crippen LogP contribution >= 0.6 is 11.8 Å². The lowest BCUT2D eigenvalue weighted by molar-refractivity contribution is -0.172. The highest BCUT2D eigenvalue weighted by atomic mass is 32.2. The second-order valence-electron chi connectivity index (χ2n) is 8.71. The Morgan fingerprint density at radius 2 is 2.12 bits per heavy atom. The van der Waals surface area contributed by atoms with Crippen molar-refractivity contribution < 1.29 is 24.1 Å². The lowest BCUT2D eigenvalue weighted by atomic mass is 9.86. The number of esters is 1. The van der Waals surface area contributed by atoms with Gasteiger partial charge in [0.1, 0.15) is 6.61 Å². The van der Waals surface area contributed by atoms with Crippen LogP contribution in [0.1, 0.15) is 41.6 Å². The normalized spacial score (nSPS) is 23.8. The average molecular weight is 465 g/mol. The molecule has 1 aromatic carbocycles. The van der Waals surface area contributed by atoms with Crippen LogP contribution in [0.5, 0.6) is 11.5 Å². The van der Waals surface area contributed by atoms with Crippen molar-refractivity contribution in [1.29, 1.82) is 0 Å². The number of cyclic esters (lactones) is 1. The van der Waals surface area contributed by atoms with Gasteiger partial charge in [0.25, 0.3) is 5.56 Å². The summed E-state index contributed by atoms with van der Waals surface area (Å²) in [6.07, 6.45) is 0.0971. The molecule has 4 aliphatic heterocycles. The molecule has 1 unspecified atom stereocenters. The average Bonchev–Trinajstić information content (AvgIpc) is 3.43. The zero-order chi connectivity index (χ0) is 22.6. The van der Waals surface area contributed by atoms with Gasteiger partial charge in [0, 0.05) is 34.4 Å². The Kier molecular flexibility index (Phi) is 3.69. The van der Waals surface area contributed by atoms with E-state index in [-0.39, 0.29) is 31.4 Å². The highest BCUT2D eigenvalue weighted by molar-refractivity contribution is 7.99. The topological polar surface area (TPSA) is 126 Å². The summed E-state index contributed by atoms with van der Waals surface area (Å²) < 4.78 is 18.1. The number of carbonyl (C=O) groups is 1. The van der Waals surface area contributed by atoms with Gasteiger partial charge in [-0.05, 0) is 18.1 Å². The summed E-state index contributed by atoms with van der Waals surface area (Å²) in [6, 6.07) is 3.33. The van der Waals surface area contributed by atoms with E-state index in [4.69, 9.17) is 24.9 Å². The number of ether oxygens (including phenoxy) is 3. The van der Waals surface area contributed by atoms with Gasteiger partial charge in [-0.15, -0.1) is 11.8 Å². The predicted octanol–water partition coefficient (Wildman–Crippen LogP) is 1.91. The number of nitrogens with two attached hydrogens (primary N) is 1. The smallest absolute Gasteiger partial charge is 0.343 e. The number of hydrogen-bond acceptors (Lipinski definition) is 9. The molecular weight excluding hydrogens is 446 g/mol. The summed E-state index contributed by atoms with van der Waals surface area (Å²) in [7, 11) is 0. The number of nitrogens with zero attached hydrogens (tertiary/aromatic N) is 2. The van der Waals surface area contributed by atoms with E-state index in [0.717, 1.165) is 26.9 Å². The number of aromatic nitrogens is 2. The fraction of sp³-hybridized carbons (Fsp3) is 0.348. The Labute approximate surface area is 191 Å². The monoisotopic (exact) mass is 465 g/mol. The molecule has 9 nitrogen and oxygen atoms in total. The Morgan fingerprint density at radius 1 is 1.27 bits per heavy atom. The van der Waals surface area contributed by atoms with Crippen molar-refractivity contribution in [3.05, 3.63) is 44.7 Å². The van der Waals surface area contributed by atoms with Gasteiger partial charge in [0.15, 0.2) is 17.1 Å². The van der Waals surface area contributed by atoms with E-state index in [9.17, 15) is 14.7 Å². The first-order valence-corrected chi connectivity index (χ1v) is 11.8. The summed E-state index contributed by atoms with van der Waals surface area (Å²) in [6.45, 7) is 2.01. The largest absolute Gasteiger partial charge is 0.458 e. The van der Waals surface area contributed by atoms with Crippen molar-refractivity contribution >= 4 is 28.6 Å². The Bertz CT molecular complexity index is 1500. The molecule has 6 heterocycles. The van der Waals surface area contributed by atoms with Gasteiger partial charge < -0.3 is 29.6 Å². The summed E-state index contributed by atoms with van der Waals surface area (Å²) in [5.74, 6) is 1.29. The van der Waals surface area contributed by atoms with Crippen LogP contribution < -0.4 is 20.8 Å². The first-order valence-electron chi connectivity index (χ1n) is 10.8. The third kappa shape index (κ3) is 2.28. The zero-order valence-electron chi connectivity index (χ0n) is 17.6. The van der Waals surface area contributed by atoms with Crippen LogP contribution in [0.4, 0.5) is 0 Å². The molecule has 0 saturated heterocycles. The molecule has 2 aromatic heterocycles. The van der Waals surface area contributed by atoms with E-state index >= 15 is 0 Å². The first kappa shape index (κ1) is 19.4. The van der Waals surface area contributed by atoms with E-state index < -0.39 is 11.6 Å². The maximum Gasteiger partial charge on any atom is 0.343 e. The lowest BCUT2D eigenvalue weighted by Gasteiger charge is -2.31. The number of rotatable bonds is 1. The standard InChI is InChI=1S/C23H19N3O6S/c1-2-23(29)11-3-14-18-9(5-26(14)21(27)10(11)6-30-22(23)28)16-12(24)7-33-20-17(16)13(25-18)4-15-19(20)32-8-31-15/h3-4,12,29H,2,5-8,24H2,1H3/t12?,23-/m0/s1. The van der Waals surface area contributed by atoms with Gasteiger partial charge in [0.2, 0.25) is 6.79 Å². The van der Waals surface area contributed by atoms with Crippen molar-refractivity contribution in [2.24, 2.45) is 5.73 Å². The number of aliphatic hydroxyl groups is 1. The van der Waals surface area contributed by atoms with Crippen molar-refractivity contribution in [2.75, 3.05) is 12.5 Å². The Hall–Kier alpha value is -3.08. The van der Waals surface area contributed by atoms with E-state index in [1.165, 1.54) is 0 Å². The molecule has 10 heteroatoms. The predicted molar refractivity (Wildman–Crippen MR) is 118 cm³/mol. The van der Waals surface area contributed by atoms with Gasteiger partial charge in [-0.2, -0.15) is 0 Å². The van der Waals surface area contributed by atoms with Crippen LogP contribution in [-0.2, 0) is 28.3 Å². The first-order chi connectivity index (χ1) is 15.9. The van der Waals surface area contributed by atoms with Gasteiger partial charge in [-0.3, -0.25) is 4.79 Å². The highest BCUT2D eigenvalue weighted by Gasteiger charge is 2.46. The fourth-order valence-electron chi connectivity index (χ4n) is 5.40. The second-order valence-corrected chi connectivity index (χ2v) is 9.74. The van der Waals surface area contributed by atoms with Crippen LogP contribution in [0, 0.1) is 0 Å². The number of fused-ring (bicyclic) bond motifs is 7. The SMILES string of the molecule is CC[C@@]1(O)C(=O)OCc2c1cc1n(c2=O)Cc2c-1nc1cc3c(c4c1c2C(N)CS4)OCO3. The van der Waals surface area contributed by atoms with E-state index in [1.54, 1.807) is 29.3 Å². The number of hydrogen-bond donors (Lipinski definition) is 2. The van der Waals surface area contributed by atoms with Crippen molar-refractivity contribution in [3.63, 3.8) is 0 Å². The molecule has 0 aliphatic carbocycles. The molecule has 0 saturated carbocycles. The second kappa shape index (κ2) is 6.28. The lowest BCUT2D eigenvalue weighted by Crippen LogP contribution is -2.44. The molecule has 3 N–H and O–H groups in total. The molecule has 0 radical (unpaired) electrons. The molecule has 0 bridgehead atoms. The molecule has 7 rings (SSSR count). The quantitative estimate of drug-likeness (QED) is 0.405. The van der Waals surface area contributed by atoms with Gasteiger partial charge >= 0.3 is 5.97 Å². The molecule has 0 amide bonds. The molecule has 4 aliphatic rings. The molecule has 33 heavy (non-hydrogen) atoms. The molecular formula is C23H19N3O6S. The molecule has 0 fully saturated rings. The molecule has 0 spiro atoms. The minimum Gasteiger partial charge on any atom is -0.458 e. The summed E-state index contributed by atoms with van der Waals surface area (Å²) in [5.41, 5.74) is 8.82.